The van der Waals surface area contributed by atoms with Crippen LogP contribution in [0.25, 0.3) is 0 Å². The van der Waals surface area contributed by atoms with Crippen molar-refractivity contribution in [3.05, 3.63) is 9.66 Å². The fraction of sp³-hybridized carbons (Fsp3) is 0.846. The smallest absolute Gasteiger partial charge is 0.200 e. The van der Waals surface area contributed by atoms with E-state index in [1.807, 2.05) is 0 Å². The Balaban J connectivity index is 4.84. The number of allylic oxidation sites excluding steroid dienone is 1. The predicted molar refractivity (Wildman–Crippen MR) is 84.8 cm³/mol. The lowest BCUT2D eigenvalue weighted by Crippen LogP contribution is -2.47. The van der Waals surface area contributed by atoms with Crippen LogP contribution in [-0.2, 0) is 4.43 Å². The molecule has 0 aromatic carbocycles. The van der Waals surface area contributed by atoms with Crippen molar-refractivity contribution in [3.63, 3.8) is 0 Å². The zero-order chi connectivity index (χ0) is 12.9. The highest BCUT2D eigenvalue weighted by molar-refractivity contribution is 14.1. The van der Waals surface area contributed by atoms with Crippen LogP contribution >= 0.6 is 22.6 Å². The molecular weight excluding hydrogens is 327 g/mol. The molecule has 0 saturated heterocycles. The van der Waals surface area contributed by atoms with E-state index in [9.17, 15) is 0 Å². The van der Waals surface area contributed by atoms with Crippen molar-refractivity contribution in [2.75, 3.05) is 6.61 Å². The number of rotatable bonds is 6. The third-order valence-corrected chi connectivity index (χ3v) is 9.93. The summed E-state index contributed by atoms with van der Waals surface area (Å²) in [7, 11) is -1.64. The lowest BCUT2D eigenvalue weighted by Gasteiger charge is -2.41. The molecule has 0 N–H and O–H groups in total. The molecule has 0 amide bonds. The van der Waals surface area contributed by atoms with E-state index in [4.69, 9.17) is 4.43 Å². The van der Waals surface area contributed by atoms with Gasteiger partial charge in [0.2, 0.25) is 8.32 Å². The van der Waals surface area contributed by atoms with Gasteiger partial charge in [-0.15, -0.1) is 0 Å². The van der Waals surface area contributed by atoms with Crippen LogP contribution in [0.5, 0.6) is 0 Å². The molecule has 0 radical (unpaired) electrons. The quantitative estimate of drug-likeness (QED) is 0.451. The first-order chi connectivity index (χ1) is 7.25. The van der Waals surface area contributed by atoms with Gasteiger partial charge in [-0.3, -0.25) is 0 Å². The summed E-state index contributed by atoms with van der Waals surface area (Å²) >= 11 is 2.34. The highest BCUT2D eigenvalue weighted by Crippen LogP contribution is 2.42. The summed E-state index contributed by atoms with van der Waals surface area (Å²) in [6.45, 7) is 16.9. The molecule has 0 aliphatic heterocycles. The molecule has 16 heavy (non-hydrogen) atoms. The Morgan fingerprint density at radius 3 is 1.69 bits per heavy atom. The highest BCUT2D eigenvalue weighted by Gasteiger charge is 2.44. The molecule has 0 unspecified atom stereocenters. The van der Waals surface area contributed by atoms with Crippen molar-refractivity contribution in [2.24, 2.45) is 0 Å². The number of hydrogen-bond donors (Lipinski definition) is 0. The lowest BCUT2D eigenvalue weighted by atomic mass is 10.5. The zero-order valence-electron chi connectivity index (χ0n) is 11.8. The Morgan fingerprint density at radius 1 is 1.06 bits per heavy atom. The standard InChI is InChI=1S/C13H27IOSi/c1-10(2)16(11(3)4,12(5)6)15-9-8-13(7)14/h8,10-12H,9H2,1-7H3. The summed E-state index contributed by atoms with van der Waals surface area (Å²) in [5.74, 6) is 0. The molecule has 0 aliphatic rings. The van der Waals surface area contributed by atoms with Crippen LogP contribution in [0.4, 0.5) is 0 Å². The molecule has 0 aromatic heterocycles. The van der Waals surface area contributed by atoms with E-state index < -0.39 is 8.32 Å². The SMILES string of the molecule is CC(I)=CCO[Si](C(C)C)(C(C)C)C(C)C. The van der Waals surface area contributed by atoms with Crippen LogP contribution in [0.2, 0.25) is 16.6 Å². The molecule has 0 aliphatic carbocycles. The fourth-order valence-corrected chi connectivity index (χ4v) is 8.35. The van der Waals surface area contributed by atoms with E-state index in [2.05, 4.69) is 77.1 Å². The second-order valence-electron chi connectivity index (χ2n) is 5.42. The van der Waals surface area contributed by atoms with Crippen molar-refractivity contribution in [3.8, 4) is 0 Å². The third kappa shape index (κ3) is 4.15. The summed E-state index contributed by atoms with van der Waals surface area (Å²) in [5.41, 5.74) is 2.03. The molecule has 0 atom stereocenters. The summed E-state index contributed by atoms with van der Waals surface area (Å²) < 4.78 is 7.70. The molecule has 3 heteroatoms. The average molecular weight is 354 g/mol. The van der Waals surface area contributed by atoms with Crippen molar-refractivity contribution < 1.29 is 4.43 Å². The van der Waals surface area contributed by atoms with E-state index in [-0.39, 0.29) is 0 Å². The van der Waals surface area contributed by atoms with Gasteiger partial charge >= 0.3 is 0 Å². The summed E-state index contributed by atoms with van der Waals surface area (Å²) in [6.07, 6.45) is 2.19. The predicted octanol–water partition coefficient (Wildman–Crippen LogP) is 5.52. The van der Waals surface area contributed by atoms with Gasteiger partial charge in [-0.25, -0.2) is 0 Å². The van der Waals surface area contributed by atoms with Crippen LogP contribution in [0.1, 0.15) is 48.5 Å². The molecule has 0 spiro atoms. The summed E-state index contributed by atoms with van der Waals surface area (Å²) in [6, 6.07) is 0. The molecule has 0 aromatic rings. The Kier molecular flexibility index (Phi) is 7.45. The normalized spacial score (nSPS) is 14.3. The van der Waals surface area contributed by atoms with Crippen LogP contribution in [0.15, 0.2) is 9.66 Å². The first-order valence-electron chi connectivity index (χ1n) is 6.21. The Morgan fingerprint density at radius 2 is 1.44 bits per heavy atom. The van der Waals surface area contributed by atoms with Crippen LogP contribution in [0, 0.1) is 0 Å². The second kappa shape index (κ2) is 7.16. The van der Waals surface area contributed by atoms with Crippen molar-refractivity contribution in [2.45, 2.75) is 65.1 Å². The zero-order valence-corrected chi connectivity index (χ0v) is 15.0. The first-order valence-corrected chi connectivity index (χ1v) is 9.43. The molecule has 0 rings (SSSR count). The minimum Gasteiger partial charge on any atom is -0.412 e. The first kappa shape index (κ1) is 16.6. The second-order valence-corrected chi connectivity index (χ2v) is 12.6. The monoisotopic (exact) mass is 354 g/mol. The van der Waals surface area contributed by atoms with E-state index in [0.717, 1.165) is 6.61 Å². The van der Waals surface area contributed by atoms with Crippen LogP contribution in [-0.4, -0.2) is 14.9 Å². The average Bonchev–Trinajstić information content (AvgIpc) is 2.09. The summed E-state index contributed by atoms with van der Waals surface area (Å²) in [4.78, 5) is 0. The van der Waals surface area contributed by atoms with Gasteiger partial charge < -0.3 is 4.43 Å². The fourth-order valence-electron chi connectivity index (χ4n) is 2.80. The Bertz CT molecular complexity index is 208. The molecular formula is C13H27IOSi. The third-order valence-electron chi connectivity index (χ3n) is 3.41. The van der Waals surface area contributed by atoms with E-state index in [0.29, 0.717) is 16.6 Å². The molecule has 96 valence electrons. The van der Waals surface area contributed by atoms with Crippen molar-refractivity contribution in [1.82, 2.24) is 0 Å². The van der Waals surface area contributed by atoms with E-state index in [1.165, 1.54) is 3.58 Å². The van der Waals surface area contributed by atoms with E-state index >= 15 is 0 Å². The minimum atomic E-state index is -1.64. The topological polar surface area (TPSA) is 9.23 Å². The Hall–Kier alpha value is 0.647. The maximum atomic E-state index is 6.38. The maximum absolute atomic E-state index is 6.38. The summed E-state index contributed by atoms with van der Waals surface area (Å²) in [5, 5.41) is 0. The highest BCUT2D eigenvalue weighted by atomic mass is 127. The van der Waals surface area contributed by atoms with Gasteiger partial charge in [0.05, 0.1) is 6.61 Å². The largest absolute Gasteiger partial charge is 0.412 e. The van der Waals surface area contributed by atoms with Crippen molar-refractivity contribution in [1.29, 1.82) is 0 Å². The lowest BCUT2D eigenvalue weighted by molar-refractivity contribution is 0.316. The van der Waals surface area contributed by atoms with Gasteiger partial charge in [-0.2, -0.15) is 0 Å². The van der Waals surface area contributed by atoms with Gasteiger partial charge in [-0.05, 0) is 49.7 Å². The van der Waals surface area contributed by atoms with Gasteiger partial charge in [0.1, 0.15) is 0 Å². The van der Waals surface area contributed by atoms with Gasteiger partial charge in [-0.1, -0.05) is 47.6 Å². The molecule has 0 bridgehead atoms. The van der Waals surface area contributed by atoms with E-state index in [1.54, 1.807) is 0 Å². The number of hydrogen-bond acceptors (Lipinski definition) is 1. The van der Waals surface area contributed by atoms with Gasteiger partial charge in [0.25, 0.3) is 0 Å². The maximum Gasteiger partial charge on any atom is 0.200 e. The minimum absolute atomic E-state index is 0.676. The molecule has 0 fully saturated rings. The van der Waals surface area contributed by atoms with Crippen molar-refractivity contribution >= 4 is 30.9 Å². The Labute approximate surface area is 116 Å². The van der Waals surface area contributed by atoms with Gasteiger partial charge in [0.15, 0.2) is 0 Å². The van der Waals surface area contributed by atoms with Gasteiger partial charge in [0, 0.05) is 0 Å². The molecule has 1 nitrogen and oxygen atoms in total. The molecule has 0 saturated carbocycles. The van der Waals surface area contributed by atoms with Crippen LogP contribution in [0.3, 0.4) is 0 Å². The van der Waals surface area contributed by atoms with Crippen LogP contribution < -0.4 is 0 Å². The molecule has 0 heterocycles. The number of halogens is 1.